The number of rotatable bonds is 6. The van der Waals surface area contributed by atoms with Gasteiger partial charge in [0.25, 0.3) is 5.91 Å². The minimum Gasteiger partial charge on any atom is -0.481 e. The van der Waals surface area contributed by atoms with Crippen molar-refractivity contribution in [2.45, 2.75) is 18.9 Å². The Morgan fingerprint density at radius 2 is 1.76 bits per heavy atom. The van der Waals surface area contributed by atoms with Crippen LogP contribution in [0.3, 0.4) is 0 Å². The van der Waals surface area contributed by atoms with Crippen LogP contribution in [0.1, 0.15) is 39.7 Å². The summed E-state index contributed by atoms with van der Waals surface area (Å²) >= 11 is 0. The van der Waals surface area contributed by atoms with Crippen molar-refractivity contribution in [3.05, 3.63) is 77.5 Å². The molecule has 174 valence electrons. The molecule has 1 unspecified atom stereocenters. The summed E-state index contributed by atoms with van der Waals surface area (Å²) in [7, 11) is 0. The van der Waals surface area contributed by atoms with E-state index in [1.54, 1.807) is 0 Å². The van der Waals surface area contributed by atoms with E-state index in [4.69, 9.17) is 14.3 Å². The maximum atomic E-state index is 12.7. The molecule has 2 amide bonds. The zero-order chi connectivity index (χ0) is 23.7. The Morgan fingerprint density at radius 3 is 2.41 bits per heavy atom. The lowest BCUT2D eigenvalue weighted by Gasteiger charge is -2.15. The van der Waals surface area contributed by atoms with Crippen molar-refractivity contribution in [3.63, 3.8) is 0 Å². The number of ether oxygens (including phenoxy) is 1. The molecule has 1 atom stereocenters. The van der Waals surface area contributed by atoms with Gasteiger partial charge in [0.15, 0.2) is 17.8 Å². The second kappa shape index (κ2) is 9.01. The van der Waals surface area contributed by atoms with E-state index in [-0.39, 0.29) is 37.1 Å². The number of benzene rings is 2. The van der Waals surface area contributed by atoms with Crippen LogP contribution in [0.5, 0.6) is 0 Å². The predicted octanol–water partition coefficient (Wildman–Crippen LogP) is 3.26. The summed E-state index contributed by atoms with van der Waals surface area (Å²) in [5.41, 5.74) is 4.58. The molecular formula is C25H23N3O6. The van der Waals surface area contributed by atoms with Crippen LogP contribution in [0.15, 0.2) is 59.3 Å². The number of hydrogen-bond donors (Lipinski definition) is 2. The van der Waals surface area contributed by atoms with Gasteiger partial charge >= 0.3 is 12.1 Å². The fourth-order valence-corrected chi connectivity index (χ4v) is 4.67. The van der Waals surface area contributed by atoms with E-state index in [2.05, 4.69) is 22.4 Å². The number of amides is 2. The number of aromatic nitrogens is 1. The summed E-state index contributed by atoms with van der Waals surface area (Å²) in [6.07, 6.45) is 0.891. The van der Waals surface area contributed by atoms with Gasteiger partial charge in [-0.2, -0.15) is 0 Å². The minimum atomic E-state index is -0.924. The van der Waals surface area contributed by atoms with Gasteiger partial charge in [0.1, 0.15) is 6.61 Å². The van der Waals surface area contributed by atoms with Crippen molar-refractivity contribution in [1.29, 1.82) is 0 Å². The highest BCUT2D eigenvalue weighted by Crippen LogP contribution is 2.44. The molecule has 2 aromatic carbocycles. The van der Waals surface area contributed by atoms with Gasteiger partial charge in [0.05, 0.1) is 12.5 Å². The van der Waals surface area contributed by atoms with E-state index in [0.29, 0.717) is 13.0 Å². The first-order chi connectivity index (χ1) is 16.5. The number of nitrogens with one attached hydrogen (secondary N) is 1. The summed E-state index contributed by atoms with van der Waals surface area (Å²) < 4.78 is 10.8. The van der Waals surface area contributed by atoms with E-state index in [9.17, 15) is 14.4 Å². The van der Waals surface area contributed by atoms with Crippen LogP contribution >= 0.6 is 0 Å². The van der Waals surface area contributed by atoms with E-state index < -0.39 is 23.9 Å². The second-order valence-electron chi connectivity index (χ2n) is 8.38. The highest BCUT2D eigenvalue weighted by Gasteiger charge is 2.33. The van der Waals surface area contributed by atoms with E-state index >= 15 is 0 Å². The summed E-state index contributed by atoms with van der Waals surface area (Å²) in [6, 6.07) is 16.1. The Bertz CT molecular complexity index is 1210. The van der Waals surface area contributed by atoms with Crippen molar-refractivity contribution in [3.8, 4) is 11.1 Å². The number of oxazole rings is 1. The van der Waals surface area contributed by atoms with Gasteiger partial charge in [-0.25, -0.2) is 9.78 Å². The fourth-order valence-electron chi connectivity index (χ4n) is 4.67. The average Bonchev–Trinajstić information content (AvgIpc) is 3.59. The van der Waals surface area contributed by atoms with E-state index in [1.807, 2.05) is 36.4 Å². The molecule has 0 bridgehead atoms. The lowest BCUT2D eigenvalue weighted by molar-refractivity contribution is -0.141. The molecular weight excluding hydrogens is 438 g/mol. The average molecular weight is 461 g/mol. The molecule has 1 fully saturated rings. The number of likely N-dealkylation sites (tertiary alicyclic amines) is 1. The molecule has 0 radical (unpaired) electrons. The zero-order valence-electron chi connectivity index (χ0n) is 18.3. The van der Waals surface area contributed by atoms with Gasteiger partial charge in [-0.15, -0.1) is 0 Å². The van der Waals surface area contributed by atoms with E-state index in [1.165, 1.54) is 4.90 Å². The maximum Gasteiger partial charge on any atom is 0.407 e. The lowest BCUT2D eigenvalue weighted by atomic mass is 9.98. The third-order valence-corrected chi connectivity index (χ3v) is 6.41. The molecule has 1 saturated heterocycles. The minimum absolute atomic E-state index is 0.0575. The monoisotopic (exact) mass is 461 g/mol. The third-order valence-electron chi connectivity index (χ3n) is 6.41. The largest absolute Gasteiger partial charge is 0.481 e. The van der Waals surface area contributed by atoms with Crippen molar-refractivity contribution < 1.29 is 28.6 Å². The first-order valence-electron chi connectivity index (χ1n) is 11.1. The number of carbonyl (C=O) groups is 3. The number of fused-ring (bicyclic) bond motifs is 3. The quantitative estimate of drug-likeness (QED) is 0.578. The molecule has 2 heterocycles. The van der Waals surface area contributed by atoms with Gasteiger partial charge in [-0.3, -0.25) is 9.59 Å². The first-order valence-corrected chi connectivity index (χ1v) is 11.1. The van der Waals surface area contributed by atoms with Crippen molar-refractivity contribution in [2.75, 3.05) is 19.7 Å². The number of carboxylic acid groups (broad SMARTS) is 1. The van der Waals surface area contributed by atoms with Crippen LogP contribution in [0.25, 0.3) is 11.1 Å². The van der Waals surface area contributed by atoms with Crippen molar-refractivity contribution in [2.24, 2.45) is 5.92 Å². The van der Waals surface area contributed by atoms with Crippen LogP contribution in [0.2, 0.25) is 0 Å². The highest BCUT2D eigenvalue weighted by atomic mass is 16.5. The smallest absolute Gasteiger partial charge is 0.407 e. The zero-order valence-corrected chi connectivity index (χ0v) is 18.3. The molecule has 5 rings (SSSR count). The summed E-state index contributed by atoms with van der Waals surface area (Å²) in [5, 5.41) is 11.8. The molecule has 34 heavy (non-hydrogen) atoms. The van der Waals surface area contributed by atoms with Gasteiger partial charge in [-0.1, -0.05) is 48.5 Å². The van der Waals surface area contributed by atoms with Crippen LogP contribution < -0.4 is 5.32 Å². The summed E-state index contributed by atoms with van der Waals surface area (Å²) in [5.74, 6) is -1.79. The number of hydrogen-bond acceptors (Lipinski definition) is 6. The SMILES string of the molecule is O=C(NCc1ocnc1C(=O)N1CCC(C(=O)O)C1)OCC1c2ccccc2-c2ccccc21. The molecule has 2 aliphatic rings. The molecule has 9 nitrogen and oxygen atoms in total. The maximum absolute atomic E-state index is 12.7. The van der Waals surface area contributed by atoms with Crippen molar-refractivity contribution in [1.82, 2.24) is 15.2 Å². The molecule has 0 saturated carbocycles. The lowest BCUT2D eigenvalue weighted by Crippen LogP contribution is -2.32. The van der Waals surface area contributed by atoms with Crippen LogP contribution in [-0.4, -0.2) is 52.7 Å². The molecule has 1 aliphatic carbocycles. The van der Waals surface area contributed by atoms with Crippen molar-refractivity contribution >= 4 is 18.0 Å². The predicted molar refractivity (Wildman–Crippen MR) is 120 cm³/mol. The molecule has 1 aliphatic heterocycles. The summed E-state index contributed by atoms with van der Waals surface area (Å²) in [6.45, 7) is 0.558. The molecule has 2 N–H and O–H groups in total. The Kier molecular flexibility index (Phi) is 5.75. The Hall–Kier alpha value is -4.14. The Balaban J connectivity index is 1.19. The molecule has 9 heteroatoms. The molecule has 3 aromatic rings. The van der Waals surface area contributed by atoms with Gasteiger partial charge in [0.2, 0.25) is 0 Å². The number of carbonyl (C=O) groups excluding carboxylic acids is 2. The van der Waals surface area contributed by atoms with Crippen LogP contribution in [0.4, 0.5) is 4.79 Å². The normalized spacial score (nSPS) is 16.7. The van der Waals surface area contributed by atoms with Crippen LogP contribution in [-0.2, 0) is 16.1 Å². The first kappa shape index (κ1) is 21.7. The standard InChI is InChI=1S/C25H23N3O6/c29-23(28-10-9-15(12-28)24(30)31)22-21(34-14-27-22)11-26-25(32)33-13-20-18-7-3-1-5-16(18)17-6-2-4-8-19(17)20/h1-8,14-15,20H,9-13H2,(H,26,32)(H,30,31). The number of carboxylic acids is 1. The van der Waals surface area contributed by atoms with Gasteiger partial charge in [0, 0.05) is 19.0 Å². The topological polar surface area (TPSA) is 122 Å². The Labute approximate surface area is 195 Å². The number of nitrogens with zero attached hydrogens (tertiary/aromatic N) is 2. The Morgan fingerprint density at radius 1 is 1.09 bits per heavy atom. The van der Waals surface area contributed by atoms with Crippen LogP contribution in [0, 0.1) is 5.92 Å². The second-order valence-corrected chi connectivity index (χ2v) is 8.38. The third kappa shape index (κ3) is 4.00. The fraction of sp³-hybridized carbons (Fsp3) is 0.280. The molecule has 0 spiro atoms. The highest BCUT2D eigenvalue weighted by molar-refractivity contribution is 5.94. The molecule has 1 aromatic heterocycles. The van der Waals surface area contributed by atoms with Gasteiger partial charge in [-0.05, 0) is 28.7 Å². The van der Waals surface area contributed by atoms with E-state index in [0.717, 1.165) is 28.6 Å². The number of aliphatic carboxylic acids is 1. The number of alkyl carbamates (subject to hydrolysis) is 1. The van der Waals surface area contributed by atoms with Gasteiger partial charge < -0.3 is 24.5 Å². The summed E-state index contributed by atoms with van der Waals surface area (Å²) in [4.78, 5) is 41.7.